The number of aromatic nitrogens is 6. The molecule has 0 amide bonds. The molecule has 14 rings (SSSR count). The maximum atomic E-state index is 12.8. The normalized spacial score (nSPS) is 16.6. The summed E-state index contributed by atoms with van der Waals surface area (Å²) in [6.45, 7) is 27.7. The lowest BCUT2D eigenvalue weighted by Crippen LogP contribution is -2.41. The zero-order chi connectivity index (χ0) is 77.0. The number of rotatable bonds is 14. The summed E-state index contributed by atoms with van der Waals surface area (Å²) in [4.78, 5) is 59.8. The van der Waals surface area contributed by atoms with E-state index in [-0.39, 0.29) is 29.9 Å². The van der Waals surface area contributed by atoms with E-state index in [4.69, 9.17) is 43.0 Å². The van der Waals surface area contributed by atoms with Gasteiger partial charge >= 0.3 is 7.12 Å². The molecule has 0 unspecified atom stereocenters. The van der Waals surface area contributed by atoms with Crippen LogP contribution in [0.15, 0.2) is 129 Å². The van der Waals surface area contributed by atoms with Crippen molar-refractivity contribution in [3.05, 3.63) is 140 Å². The molecule has 5 aromatic carbocycles. The number of ketones is 2. The number of Topliss-reactive ketones (excluding diaryl/α,β-unsaturated/α-hetero) is 2. The maximum absolute atomic E-state index is 12.8. The minimum absolute atomic E-state index is 0.0212. The van der Waals surface area contributed by atoms with Gasteiger partial charge in [0.05, 0.1) is 81.7 Å². The second-order valence-corrected chi connectivity index (χ2v) is 37.3. The van der Waals surface area contributed by atoms with E-state index in [1.807, 2.05) is 131 Å². The van der Waals surface area contributed by atoms with E-state index in [0.717, 1.165) is 140 Å². The van der Waals surface area contributed by atoms with Crippen LogP contribution in [0.1, 0.15) is 90.0 Å². The quantitative estimate of drug-likeness (QED) is 0.0765. The highest BCUT2D eigenvalue weighted by Gasteiger charge is 2.52. The predicted molar refractivity (Wildman–Crippen MR) is 456 cm³/mol. The van der Waals surface area contributed by atoms with Crippen LogP contribution >= 0.6 is 83.1 Å². The number of nitrogens with one attached hydrogen (secondary N) is 2. The van der Waals surface area contributed by atoms with Gasteiger partial charge in [0.25, 0.3) is 0 Å². The van der Waals surface area contributed by atoms with Crippen molar-refractivity contribution >= 4 is 163 Å². The van der Waals surface area contributed by atoms with E-state index in [0.29, 0.717) is 50.7 Å². The first-order valence-corrected chi connectivity index (χ1v) is 42.9. The van der Waals surface area contributed by atoms with E-state index in [2.05, 4.69) is 151 Å². The Balaban J connectivity index is 0.000000149. The zero-order valence-electron chi connectivity index (χ0n) is 63.8. The third-order valence-electron chi connectivity index (χ3n) is 19.0. The summed E-state index contributed by atoms with van der Waals surface area (Å²) in [5, 5.41) is 0. The van der Waals surface area contributed by atoms with Crippen LogP contribution < -0.4 is 48.7 Å². The molecule has 4 aromatic heterocycles. The molecule has 5 aliphatic heterocycles. The first-order valence-electron chi connectivity index (χ1n) is 35.6. The Hall–Kier alpha value is -6.50. The number of anilines is 4. The van der Waals surface area contributed by atoms with Gasteiger partial charge in [0.1, 0.15) is 39.8 Å². The Morgan fingerprint density at radius 2 is 0.794 bits per heavy atom. The highest BCUT2D eigenvalue weighted by atomic mass is 79.9. The lowest BCUT2D eigenvalue weighted by Gasteiger charge is -2.32. The molecule has 0 saturated carbocycles. The number of carbonyl (C=O) groups is 2. The second-order valence-electron chi connectivity index (χ2n) is 29.2. The number of nitrogens with zero attached hydrogens (tertiary/aromatic N) is 8. The number of ether oxygens (including phenoxy) is 5. The number of H-pyrrole nitrogens is 2. The van der Waals surface area contributed by atoms with Crippen LogP contribution in [0.3, 0.4) is 0 Å². The van der Waals surface area contributed by atoms with Gasteiger partial charge in [0, 0.05) is 204 Å². The van der Waals surface area contributed by atoms with E-state index >= 15 is 0 Å². The molecule has 20 nitrogen and oxygen atoms in total. The smallest absolute Gasteiger partial charge is 0.495 e. The van der Waals surface area contributed by atoms with Gasteiger partial charge in [-0.25, -0.2) is 19.9 Å². The molecular weight excluding hydrogens is 1630 g/mol. The fraction of sp³-hybridized carbons (Fsp3) is 0.443. The average Bonchev–Trinajstić information content (AvgIpc) is 1.71. The fourth-order valence-electron chi connectivity index (χ4n) is 12.2. The van der Waals surface area contributed by atoms with Gasteiger partial charge in [-0.3, -0.25) is 13.8 Å². The first-order chi connectivity index (χ1) is 51.0. The Bertz CT molecular complexity index is 4530. The number of hydrogen-bond acceptors (Lipinski definition) is 21. The fourth-order valence-corrected chi connectivity index (χ4v) is 17.6. The lowest BCUT2D eigenvalue weighted by atomic mass is 9.78. The highest BCUT2D eigenvalue weighted by molar-refractivity contribution is 9.11. The molecule has 0 aliphatic carbocycles. The minimum Gasteiger partial charge on any atom is -0.497 e. The Morgan fingerprint density at radius 3 is 1.17 bits per heavy atom. The van der Waals surface area contributed by atoms with Crippen molar-refractivity contribution in [1.29, 1.82) is 0 Å². The molecule has 0 atom stereocenters. The Kier molecular flexibility index (Phi) is 28.7. The van der Waals surface area contributed by atoms with Crippen molar-refractivity contribution < 1.29 is 46.8 Å². The Labute approximate surface area is 670 Å². The highest BCUT2D eigenvalue weighted by Crippen LogP contribution is 2.39. The van der Waals surface area contributed by atoms with Gasteiger partial charge in [-0.1, -0.05) is 89.3 Å². The number of fused-ring (bicyclic) bond motifs is 2. The van der Waals surface area contributed by atoms with Crippen molar-refractivity contribution in [3.63, 3.8) is 0 Å². The summed E-state index contributed by atoms with van der Waals surface area (Å²) in [7, 11) is 7.28. The monoisotopic (exact) mass is 1720 g/mol. The van der Waals surface area contributed by atoms with Gasteiger partial charge in [-0.15, -0.1) is 0 Å². The molecule has 0 bridgehead atoms. The average molecular weight is 1730 g/mol. The summed E-state index contributed by atoms with van der Waals surface area (Å²) in [6.07, 6.45) is 6.85. The van der Waals surface area contributed by atoms with Gasteiger partial charge < -0.3 is 62.6 Å². The third kappa shape index (κ3) is 21.8. The summed E-state index contributed by atoms with van der Waals surface area (Å²) >= 11 is 16.2. The molecule has 572 valence electrons. The van der Waals surface area contributed by atoms with Gasteiger partial charge in [0.15, 0.2) is 22.9 Å². The molecule has 9 heterocycles. The maximum Gasteiger partial charge on any atom is 0.495 e. The van der Waals surface area contributed by atoms with Crippen molar-refractivity contribution in [3.8, 4) is 51.3 Å². The summed E-state index contributed by atoms with van der Waals surface area (Å²) in [5.41, 5.74) is 10.7. The van der Waals surface area contributed by atoms with Gasteiger partial charge in [-0.2, -0.15) is 35.3 Å². The number of methoxy groups -OCH3 is 5. The van der Waals surface area contributed by atoms with Crippen LogP contribution in [0, 0.1) is 10.8 Å². The standard InChI is InChI=1S/C22H26N4O3S.C22H26N4O2S.C17H26BNO3S.C11H14BrNOS.C7H6Br2O/c1-22(2,3)20(27)17-12-23-21-19(17)25-18(13-24-21)14-9-15(11-16(10-14)29-4)26-5-7-30(28)8-6-26;1-22(2,3)20(27)17-12-23-21-19(17)25-18(13-24-21)14-9-15(11-16(10-14)28-4)26-5-7-29-8-6-26;1-16(2)17(3,4)22-18(21-16)13-10-14(12-15(11-13)20-5)19-6-8-23-9-7-19;1-14-11-7-9(12)6-10(8-11)13-2-4-15-5-3-13;1-10-7-3-5(8)2-6(9)4-7/h9-13H,5-8H2,1-4H3,(H,23,24);9-13H,5-8H2,1-4H3,(H,23,24);10-12H,6-9H2,1-5H3;6-8H,2-5H2,1H3;2-4H,1H3. The molecule has 9 aromatic rings. The van der Waals surface area contributed by atoms with Crippen LogP contribution in [0.5, 0.6) is 28.7 Å². The minimum atomic E-state index is -0.740. The zero-order valence-corrected chi connectivity index (χ0v) is 71.8. The van der Waals surface area contributed by atoms with Crippen LogP contribution in [-0.2, 0) is 20.1 Å². The van der Waals surface area contributed by atoms with E-state index < -0.39 is 21.6 Å². The van der Waals surface area contributed by atoms with Crippen molar-refractivity contribution in [2.45, 2.75) is 80.4 Å². The summed E-state index contributed by atoms with van der Waals surface area (Å²) < 4.78 is 54.1. The third-order valence-corrected chi connectivity index (χ3v) is 24.4. The SMILES string of the molecule is COc1cc(-c2cnc3[nH]cc(C(=O)C(C)(C)C)c3n2)cc(N2CCS(=O)CC2)c1.COc1cc(-c2cnc3[nH]cc(C(=O)C(C)(C)C)c3n2)cc(N2CCSCC2)c1.COc1cc(B2OC(C)(C)C(C)(C)O2)cc(N2CCSCC2)c1.COc1cc(Br)cc(Br)c1.COc1cc(Br)cc(N2CCSCC2)c1. The first kappa shape index (κ1) is 83.0. The van der Waals surface area contributed by atoms with Crippen molar-refractivity contribution in [2.75, 3.05) is 154 Å². The predicted octanol–water partition coefficient (Wildman–Crippen LogP) is 16.6. The second kappa shape index (κ2) is 37.0. The Morgan fingerprint density at radius 1 is 0.467 bits per heavy atom. The summed E-state index contributed by atoms with van der Waals surface area (Å²) in [6, 6.07) is 30.4. The van der Waals surface area contributed by atoms with Crippen LogP contribution in [-0.4, -0.2) is 198 Å². The van der Waals surface area contributed by atoms with E-state index in [9.17, 15) is 13.8 Å². The number of benzene rings is 5. The number of halogens is 3. The molecule has 28 heteroatoms. The number of thioether (sulfide) groups is 3. The molecular formula is C79H98BBr3N10O10S4. The van der Waals surface area contributed by atoms with E-state index in [1.165, 1.54) is 34.4 Å². The molecule has 5 aliphatic rings. The van der Waals surface area contributed by atoms with Crippen molar-refractivity contribution in [1.82, 2.24) is 29.9 Å². The van der Waals surface area contributed by atoms with Crippen LogP contribution in [0.2, 0.25) is 0 Å². The molecule has 0 radical (unpaired) electrons. The number of aromatic amines is 2. The molecule has 5 fully saturated rings. The van der Waals surface area contributed by atoms with Crippen LogP contribution in [0.4, 0.5) is 22.7 Å². The summed E-state index contributed by atoms with van der Waals surface area (Å²) in [5.74, 6) is 12.5. The van der Waals surface area contributed by atoms with E-state index in [1.54, 1.807) is 60.3 Å². The topological polar surface area (TPSA) is 212 Å². The largest absolute Gasteiger partial charge is 0.497 e. The lowest BCUT2D eigenvalue weighted by molar-refractivity contribution is 0.00578. The molecule has 107 heavy (non-hydrogen) atoms. The molecule has 5 saturated heterocycles. The van der Waals surface area contributed by atoms with Crippen molar-refractivity contribution in [2.24, 2.45) is 10.8 Å². The van der Waals surface area contributed by atoms with Crippen LogP contribution in [0.25, 0.3) is 44.8 Å². The molecule has 0 spiro atoms. The number of carbonyl (C=O) groups excluding carboxylic acids is 2. The van der Waals surface area contributed by atoms with Gasteiger partial charge in [-0.05, 0) is 99.9 Å². The number of hydrogen-bond donors (Lipinski definition) is 2. The van der Waals surface area contributed by atoms with Gasteiger partial charge in [0.2, 0.25) is 0 Å². The molecule has 2 N–H and O–H groups in total.